The van der Waals surface area contributed by atoms with Crippen molar-refractivity contribution in [3.63, 3.8) is 0 Å². The highest BCUT2D eigenvalue weighted by molar-refractivity contribution is 6.00. The number of unbranched alkanes of at least 4 members (excludes halogenated alkanes) is 2. The lowest BCUT2D eigenvalue weighted by Gasteiger charge is -2.45. The van der Waals surface area contributed by atoms with Crippen LogP contribution in [0, 0.1) is 17.3 Å². The van der Waals surface area contributed by atoms with Gasteiger partial charge in [0.1, 0.15) is 11.6 Å². The summed E-state index contributed by atoms with van der Waals surface area (Å²) in [6, 6.07) is -0.839. The normalized spacial score (nSPS) is 33.4. The summed E-state index contributed by atoms with van der Waals surface area (Å²) in [7, 11) is 1.76. The number of rotatable bonds is 8. The van der Waals surface area contributed by atoms with Crippen LogP contribution in [0.15, 0.2) is 24.3 Å². The summed E-state index contributed by atoms with van der Waals surface area (Å²) in [5, 5.41) is 9.27. The molecule has 4 rings (SSSR count). The van der Waals surface area contributed by atoms with Gasteiger partial charge in [-0.25, -0.2) is 0 Å². The van der Waals surface area contributed by atoms with E-state index >= 15 is 0 Å². The van der Waals surface area contributed by atoms with Crippen molar-refractivity contribution in [2.24, 2.45) is 17.3 Å². The Morgan fingerprint density at radius 2 is 1.63 bits per heavy atom. The zero-order chi connectivity index (χ0) is 28.1. The number of fused-ring (bicyclic) bond motifs is 2. The molecule has 2 fully saturated rings. The Labute approximate surface area is 228 Å². The number of likely N-dealkylation sites (tertiary alicyclic amines) is 1. The molecule has 4 heterocycles. The highest BCUT2D eigenvalue weighted by Gasteiger charge is 2.75. The van der Waals surface area contributed by atoms with Gasteiger partial charge in [0.05, 0.1) is 17.4 Å². The number of hydrogen-bond acceptors (Lipinski definition) is 5. The highest BCUT2D eigenvalue weighted by atomic mass is 16.5. The smallest absolute Gasteiger partial charge is 0.249 e. The Balaban J connectivity index is 1.83. The van der Waals surface area contributed by atoms with Crippen LogP contribution >= 0.6 is 0 Å². The van der Waals surface area contributed by atoms with Crippen LogP contribution in [0.4, 0.5) is 0 Å². The molecule has 38 heavy (non-hydrogen) atoms. The van der Waals surface area contributed by atoms with Crippen molar-refractivity contribution >= 4 is 17.7 Å². The molecule has 4 aliphatic heterocycles. The standard InChI is InChI=1S/C30H47N3O5/c1-8-29-14-12-16-31(7)24(35)21(29)22-25(36)32(17-10-9-11-19-34)23-26(37)33(18-13-15-30(22,23)38-29)28(5,6)20-27(2,3)4/h12-15,21-23,34H,8-11,16-20H2,1-7H3/t21-,22+,23?,29+,30+/m1/s1. The van der Waals surface area contributed by atoms with Crippen LogP contribution in [-0.2, 0) is 19.1 Å². The lowest BCUT2D eigenvalue weighted by atomic mass is 9.73. The molecule has 0 bridgehead atoms. The van der Waals surface area contributed by atoms with Gasteiger partial charge in [-0.1, -0.05) is 52.0 Å². The first-order valence-corrected chi connectivity index (χ1v) is 14.3. The molecule has 0 aromatic carbocycles. The summed E-state index contributed by atoms with van der Waals surface area (Å²) in [6.45, 7) is 14.1. The van der Waals surface area contributed by atoms with Gasteiger partial charge in [0.15, 0.2) is 0 Å². The number of nitrogens with zero attached hydrogens (tertiary/aromatic N) is 3. The summed E-state index contributed by atoms with van der Waals surface area (Å²) >= 11 is 0. The van der Waals surface area contributed by atoms with Crippen LogP contribution in [0.2, 0.25) is 0 Å². The van der Waals surface area contributed by atoms with Crippen molar-refractivity contribution in [2.45, 2.75) is 96.4 Å². The van der Waals surface area contributed by atoms with Gasteiger partial charge < -0.3 is 24.5 Å². The Kier molecular flexibility index (Phi) is 7.65. The molecule has 0 radical (unpaired) electrons. The van der Waals surface area contributed by atoms with E-state index in [0.717, 1.165) is 12.8 Å². The first kappa shape index (κ1) is 28.8. The van der Waals surface area contributed by atoms with Crippen LogP contribution in [0.1, 0.15) is 73.6 Å². The third-order valence-corrected chi connectivity index (χ3v) is 8.89. The molecule has 0 aliphatic carbocycles. The second-order valence-corrected chi connectivity index (χ2v) is 13.5. The number of hydrogen-bond donors (Lipinski definition) is 1. The number of aliphatic hydroxyl groups excluding tert-OH is 1. The van der Waals surface area contributed by atoms with Crippen molar-refractivity contribution in [1.82, 2.24) is 14.7 Å². The molecule has 212 valence electrons. The van der Waals surface area contributed by atoms with Crippen molar-refractivity contribution in [3.05, 3.63) is 24.3 Å². The SMILES string of the molecule is CC[C@]12C=CCN(C)C(=O)[C@H]1[C@H]1C(=O)N(CCCCCO)C3C(=O)N(C(C)(C)CC(C)(C)C)CC=C[C@@]31O2. The average Bonchev–Trinajstić information content (AvgIpc) is 3.11. The van der Waals surface area contributed by atoms with Crippen molar-refractivity contribution in [1.29, 1.82) is 0 Å². The largest absolute Gasteiger partial charge is 0.396 e. The first-order chi connectivity index (χ1) is 17.7. The third kappa shape index (κ3) is 4.61. The van der Waals surface area contributed by atoms with Crippen LogP contribution in [0.25, 0.3) is 0 Å². The fourth-order valence-corrected chi connectivity index (χ4v) is 7.63. The van der Waals surface area contributed by atoms with Gasteiger partial charge in [-0.05, 0) is 51.4 Å². The summed E-state index contributed by atoms with van der Waals surface area (Å²) in [6.07, 6.45) is 11.2. The van der Waals surface area contributed by atoms with E-state index in [1.54, 1.807) is 16.8 Å². The topological polar surface area (TPSA) is 90.4 Å². The van der Waals surface area contributed by atoms with Crippen molar-refractivity contribution in [2.75, 3.05) is 33.3 Å². The molecule has 8 nitrogen and oxygen atoms in total. The van der Waals surface area contributed by atoms with E-state index in [4.69, 9.17) is 4.74 Å². The van der Waals surface area contributed by atoms with Gasteiger partial charge in [-0.3, -0.25) is 14.4 Å². The first-order valence-electron chi connectivity index (χ1n) is 14.3. The number of likely N-dealkylation sites (N-methyl/N-ethyl adjacent to an activating group) is 1. The monoisotopic (exact) mass is 529 g/mol. The highest BCUT2D eigenvalue weighted by Crippen LogP contribution is 2.58. The summed E-state index contributed by atoms with van der Waals surface area (Å²) in [4.78, 5) is 48.0. The Hall–Kier alpha value is -2.19. The molecule has 1 spiro atoms. The maximum absolute atomic E-state index is 14.6. The maximum Gasteiger partial charge on any atom is 0.249 e. The van der Waals surface area contributed by atoms with Crippen LogP contribution in [0.3, 0.4) is 0 Å². The molecule has 2 saturated heterocycles. The molecule has 0 aromatic heterocycles. The van der Waals surface area contributed by atoms with Gasteiger partial charge in [0, 0.05) is 38.8 Å². The fraction of sp³-hybridized carbons (Fsp3) is 0.767. The number of aliphatic hydroxyl groups is 1. The van der Waals surface area contributed by atoms with Gasteiger partial charge >= 0.3 is 0 Å². The Morgan fingerprint density at radius 3 is 2.26 bits per heavy atom. The second kappa shape index (κ2) is 10.1. The molecule has 4 aliphatic rings. The van der Waals surface area contributed by atoms with Crippen LogP contribution in [0.5, 0.6) is 0 Å². The van der Waals surface area contributed by atoms with Gasteiger partial charge in [0.25, 0.3) is 0 Å². The predicted octanol–water partition coefficient (Wildman–Crippen LogP) is 3.15. The summed E-state index contributed by atoms with van der Waals surface area (Å²) in [5.74, 6) is -1.86. The maximum atomic E-state index is 14.6. The molecule has 3 amide bonds. The minimum Gasteiger partial charge on any atom is -0.396 e. The molecular weight excluding hydrogens is 482 g/mol. The lowest BCUT2D eigenvalue weighted by molar-refractivity contribution is -0.157. The van der Waals surface area contributed by atoms with Gasteiger partial charge in [-0.2, -0.15) is 0 Å². The summed E-state index contributed by atoms with van der Waals surface area (Å²) in [5.41, 5.74) is -2.60. The lowest BCUT2D eigenvalue weighted by Crippen LogP contribution is -2.60. The number of ether oxygens (including phenoxy) is 1. The number of carbonyl (C=O) groups excluding carboxylic acids is 3. The van der Waals surface area contributed by atoms with Crippen LogP contribution in [-0.4, -0.2) is 93.6 Å². The molecule has 0 saturated carbocycles. The fourth-order valence-electron chi connectivity index (χ4n) is 7.63. The van der Waals surface area contributed by atoms with E-state index in [-0.39, 0.29) is 29.7 Å². The van der Waals surface area contributed by atoms with Crippen molar-refractivity contribution in [3.8, 4) is 0 Å². The minimum absolute atomic E-state index is 0.000612. The molecular formula is C30H47N3O5. The van der Waals surface area contributed by atoms with E-state index in [1.807, 2.05) is 36.1 Å². The summed E-state index contributed by atoms with van der Waals surface area (Å²) < 4.78 is 6.99. The van der Waals surface area contributed by atoms with E-state index in [2.05, 4.69) is 34.6 Å². The van der Waals surface area contributed by atoms with E-state index in [1.165, 1.54) is 0 Å². The van der Waals surface area contributed by atoms with Gasteiger partial charge in [0.2, 0.25) is 17.7 Å². The molecule has 5 atom stereocenters. The minimum atomic E-state index is -1.21. The molecule has 0 aromatic rings. The van der Waals surface area contributed by atoms with E-state index < -0.39 is 34.6 Å². The number of amides is 3. The zero-order valence-electron chi connectivity index (χ0n) is 24.3. The van der Waals surface area contributed by atoms with Crippen LogP contribution < -0.4 is 0 Å². The average molecular weight is 530 g/mol. The number of carbonyl (C=O) groups is 3. The Morgan fingerprint density at radius 1 is 0.947 bits per heavy atom. The van der Waals surface area contributed by atoms with E-state index in [0.29, 0.717) is 38.9 Å². The predicted molar refractivity (Wildman–Crippen MR) is 146 cm³/mol. The Bertz CT molecular complexity index is 1010. The van der Waals surface area contributed by atoms with Crippen molar-refractivity contribution < 1.29 is 24.2 Å². The zero-order valence-corrected chi connectivity index (χ0v) is 24.3. The van der Waals surface area contributed by atoms with E-state index in [9.17, 15) is 19.5 Å². The molecule has 8 heteroatoms. The second-order valence-electron chi connectivity index (χ2n) is 13.5. The van der Waals surface area contributed by atoms with Gasteiger partial charge in [-0.15, -0.1) is 0 Å². The third-order valence-electron chi connectivity index (χ3n) is 8.89. The quantitative estimate of drug-likeness (QED) is 0.385. The molecule has 1 unspecified atom stereocenters. The molecule has 1 N–H and O–H groups in total.